The molecule has 0 spiro atoms. The molecule has 2 fully saturated rings. The van der Waals surface area contributed by atoms with Crippen LogP contribution < -0.4 is 16.0 Å². The molecule has 0 aliphatic carbocycles. The third-order valence-corrected chi connectivity index (χ3v) is 17.8. The van der Waals surface area contributed by atoms with Crippen LogP contribution in [0.4, 0.5) is 0 Å². The Balaban J connectivity index is 1.52. The Kier molecular flexibility index (Phi) is 24.2. The van der Waals surface area contributed by atoms with Gasteiger partial charge in [-0.25, -0.2) is 4.79 Å². The summed E-state index contributed by atoms with van der Waals surface area (Å²) in [5, 5.41) is 21.6. The van der Waals surface area contributed by atoms with Crippen molar-refractivity contribution in [3.05, 3.63) is 102 Å². The lowest BCUT2D eigenvalue weighted by atomic mass is 9.93. The first kappa shape index (κ1) is 70.3. The topological polar surface area (TPSA) is 248 Å². The van der Waals surface area contributed by atoms with Gasteiger partial charge in [0.1, 0.15) is 42.3 Å². The zero-order chi connectivity index (χ0) is 65.9. The van der Waals surface area contributed by atoms with E-state index in [0.29, 0.717) is 30.4 Å². The van der Waals surface area contributed by atoms with E-state index in [4.69, 9.17) is 4.74 Å². The summed E-state index contributed by atoms with van der Waals surface area (Å²) >= 11 is 0. The quantitative estimate of drug-likeness (QED) is 0.0978. The smallest absolute Gasteiger partial charge is 0.332 e. The van der Waals surface area contributed by atoms with E-state index in [-0.39, 0.29) is 38.1 Å². The van der Waals surface area contributed by atoms with Crippen molar-refractivity contribution in [2.45, 2.75) is 188 Å². The van der Waals surface area contributed by atoms with Gasteiger partial charge in [0, 0.05) is 70.6 Å². The Morgan fingerprint density at radius 1 is 0.596 bits per heavy atom. The van der Waals surface area contributed by atoms with Gasteiger partial charge in [0.25, 0.3) is 5.91 Å². The number of aliphatic hydroxyl groups is 1. The maximum atomic E-state index is 15.8. The summed E-state index contributed by atoms with van der Waals surface area (Å²) in [6.07, 6.45) is 1.66. The number of amides is 8. The maximum Gasteiger partial charge on any atom is 0.332 e. The van der Waals surface area contributed by atoms with E-state index in [1.54, 1.807) is 59.9 Å². The second-order valence-electron chi connectivity index (χ2n) is 26.3. The van der Waals surface area contributed by atoms with Crippen LogP contribution in [-0.2, 0) is 60.7 Å². The molecule has 3 aromatic carbocycles. The Morgan fingerprint density at radius 3 is 1.76 bits per heavy atom. The van der Waals surface area contributed by atoms with Gasteiger partial charge >= 0.3 is 5.97 Å². The van der Waals surface area contributed by atoms with E-state index in [1.165, 1.54) is 61.6 Å². The van der Waals surface area contributed by atoms with Crippen LogP contribution in [-0.4, -0.2) is 183 Å². The molecule has 2 unspecified atom stereocenters. The average molecular weight is 1230 g/mol. The molecular weight excluding hydrogens is 1130 g/mol. The fraction of sp³-hybridized carbons (Fsp3) is 0.565. The Morgan fingerprint density at radius 2 is 1.17 bits per heavy atom. The minimum atomic E-state index is -1.99. The molecular formula is C69H97N9O11. The molecule has 2 aliphatic rings. The molecule has 0 radical (unpaired) electrons. The second-order valence-corrected chi connectivity index (χ2v) is 26.3. The van der Waals surface area contributed by atoms with E-state index < -0.39 is 137 Å². The van der Waals surface area contributed by atoms with Crippen LogP contribution in [0, 0.1) is 29.6 Å². The number of rotatable bonds is 14. The van der Waals surface area contributed by atoms with E-state index in [0.717, 1.165) is 26.9 Å². The van der Waals surface area contributed by atoms with Crippen LogP contribution in [0.15, 0.2) is 91.1 Å². The molecule has 0 bridgehead atoms. The van der Waals surface area contributed by atoms with Crippen molar-refractivity contribution in [2.75, 3.05) is 34.7 Å². The molecule has 0 saturated carbocycles. The lowest BCUT2D eigenvalue weighted by Crippen LogP contribution is -2.63. The van der Waals surface area contributed by atoms with Gasteiger partial charge in [0.15, 0.2) is 12.1 Å². The molecule has 2 saturated heterocycles. The fourth-order valence-corrected chi connectivity index (χ4v) is 12.5. The molecule has 8 amide bonds. The van der Waals surface area contributed by atoms with Gasteiger partial charge < -0.3 is 50.3 Å². The number of nitrogens with one attached hydrogen (secondary N) is 3. The van der Waals surface area contributed by atoms with Crippen LogP contribution in [0.2, 0.25) is 0 Å². The summed E-state index contributed by atoms with van der Waals surface area (Å²) in [4.78, 5) is 147. The van der Waals surface area contributed by atoms with Crippen molar-refractivity contribution in [1.29, 1.82) is 0 Å². The van der Waals surface area contributed by atoms with Crippen molar-refractivity contribution in [3.8, 4) is 11.1 Å². The largest absolute Gasteiger partial charge is 0.450 e. The molecule has 4 aromatic rings. The van der Waals surface area contributed by atoms with Crippen molar-refractivity contribution < 1.29 is 53.0 Å². The van der Waals surface area contributed by atoms with Gasteiger partial charge in [-0.05, 0) is 92.0 Å². The number of aromatic nitrogens is 1. The van der Waals surface area contributed by atoms with E-state index in [2.05, 4.69) is 20.9 Å². The molecule has 20 nitrogen and oxygen atoms in total. The standard InChI is InChI=1S/C69H97N9O11/c1-17-43(9)55-66(85)75(14)56(41(5)6)61(80)71-51(34-40(3)4)64(83)77(16)59(69(11,12)88)68(87)89-58(44(10)18-2)67(86)76(15)57(42(7)8)62(81)72-52(36-45-26-20-19-21-27-45)63(82)74(13)54(65(84)78-33-25-32-53(78)60(79)73-55)37-46-28-24-30-47(35-46)49-38-48-29-22-23-31-50(48)70-39-49/h19-24,26-31,35,38-44,51-59,88H,17-18,25,32-34,36-37H2,1-16H3,(H,71,80)(H,72,81)(H,73,79)/t43-,44-,51-,52-,53-,54-,55-,56?,57?,58+,59+/m0/s1. The number of pyridine rings is 1. The zero-order valence-electron chi connectivity index (χ0n) is 55.1. The van der Waals surface area contributed by atoms with Crippen LogP contribution in [0.5, 0.6) is 0 Å². The van der Waals surface area contributed by atoms with Gasteiger partial charge in [0.05, 0.1) is 11.1 Å². The van der Waals surface area contributed by atoms with E-state index in [9.17, 15) is 19.5 Å². The van der Waals surface area contributed by atoms with Crippen molar-refractivity contribution in [1.82, 2.24) is 45.4 Å². The highest BCUT2D eigenvalue weighted by molar-refractivity contribution is 5.99. The number of carbonyl (C=O) groups is 9. The van der Waals surface area contributed by atoms with Crippen molar-refractivity contribution in [3.63, 3.8) is 0 Å². The van der Waals surface area contributed by atoms with Crippen LogP contribution in [0.3, 0.4) is 0 Å². The predicted molar refractivity (Wildman–Crippen MR) is 342 cm³/mol. The Labute approximate surface area is 526 Å². The minimum absolute atomic E-state index is 0.0283. The first-order valence-corrected chi connectivity index (χ1v) is 31.6. The summed E-state index contributed by atoms with van der Waals surface area (Å²) in [5.74, 6) is -8.88. The number of likely N-dealkylation sites (N-methyl/N-ethyl adjacent to an activating group) is 4. The summed E-state index contributed by atoms with van der Waals surface area (Å²) in [6.45, 7) is 20.6. The summed E-state index contributed by atoms with van der Waals surface area (Å²) < 4.78 is 6.14. The number of hydrogen-bond acceptors (Lipinski definition) is 12. The molecule has 3 heterocycles. The average Bonchev–Trinajstić information content (AvgIpc) is 2.39. The Bertz CT molecular complexity index is 3160. The number of carbonyl (C=O) groups excluding carboxylic acids is 9. The summed E-state index contributed by atoms with van der Waals surface area (Å²) in [7, 11) is 5.68. The molecule has 484 valence electrons. The zero-order valence-corrected chi connectivity index (χ0v) is 55.1. The third-order valence-electron chi connectivity index (χ3n) is 17.8. The number of nitrogens with zero attached hydrogens (tertiary/aromatic N) is 6. The number of benzene rings is 3. The highest BCUT2D eigenvalue weighted by atomic mass is 16.6. The monoisotopic (exact) mass is 1230 g/mol. The third kappa shape index (κ3) is 17.0. The molecule has 1 aromatic heterocycles. The normalized spacial score (nSPS) is 24.9. The van der Waals surface area contributed by atoms with Gasteiger partial charge in [0.2, 0.25) is 41.4 Å². The van der Waals surface area contributed by atoms with Crippen LogP contribution in [0.1, 0.15) is 126 Å². The van der Waals surface area contributed by atoms with Crippen molar-refractivity contribution in [2.24, 2.45) is 29.6 Å². The van der Waals surface area contributed by atoms with Crippen LogP contribution >= 0.6 is 0 Å². The predicted octanol–water partition coefficient (Wildman–Crippen LogP) is 6.59. The number of hydrogen-bond donors (Lipinski definition) is 4. The molecule has 4 N–H and O–H groups in total. The lowest BCUT2D eigenvalue weighted by molar-refractivity contribution is -0.177. The minimum Gasteiger partial charge on any atom is -0.450 e. The van der Waals surface area contributed by atoms with Gasteiger partial charge in [-0.1, -0.05) is 148 Å². The molecule has 6 rings (SSSR count). The van der Waals surface area contributed by atoms with Gasteiger partial charge in [-0.2, -0.15) is 0 Å². The number of ether oxygens (including phenoxy) is 1. The first-order chi connectivity index (χ1) is 41.9. The highest BCUT2D eigenvalue weighted by Gasteiger charge is 2.48. The first-order valence-electron chi connectivity index (χ1n) is 31.6. The fourth-order valence-electron chi connectivity index (χ4n) is 12.5. The number of fused-ring (bicyclic) bond motifs is 2. The van der Waals surface area contributed by atoms with Crippen LogP contribution in [0.25, 0.3) is 22.0 Å². The molecule has 11 atom stereocenters. The van der Waals surface area contributed by atoms with Gasteiger partial charge in [-0.3, -0.25) is 43.3 Å². The summed E-state index contributed by atoms with van der Waals surface area (Å²) in [6, 6.07) is 16.1. The Hall–Kier alpha value is -7.74. The SMILES string of the molecule is CC[C@H](C)[C@@H]1NC(=O)[C@@H]2CCCN2C(=O)[C@H](Cc2cccc(-c3cnc4ccccc4c3)c2)N(C)C(=O)[C@H](Cc2ccccc2)NC(=O)C(C(C)C)N(C)C(=O)[C@@H]([C@@H](C)CC)OC(=O)[C@H](C(C)(C)O)N(C)C(=O)[C@H](CC(C)C)NC(=O)C(C(C)C)N(C)C1=O. The van der Waals surface area contributed by atoms with Crippen molar-refractivity contribution >= 4 is 64.1 Å². The number of esters is 1. The van der Waals surface area contributed by atoms with Gasteiger partial charge in [-0.15, -0.1) is 0 Å². The number of para-hydroxylation sites is 1. The lowest BCUT2D eigenvalue weighted by Gasteiger charge is -2.39. The molecule has 89 heavy (non-hydrogen) atoms. The number of cyclic esters (lactones) is 1. The van der Waals surface area contributed by atoms with E-state index >= 15 is 28.8 Å². The summed E-state index contributed by atoms with van der Waals surface area (Å²) in [5.41, 5.74) is 1.82. The maximum absolute atomic E-state index is 15.8. The molecule has 2 aliphatic heterocycles. The highest BCUT2D eigenvalue weighted by Crippen LogP contribution is 2.29. The molecule has 20 heteroatoms. The van der Waals surface area contributed by atoms with E-state index in [1.807, 2.05) is 100 Å². The second kappa shape index (κ2) is 30.6.